The molecule has 0 radical (unpaired) electrons. The van der Waals surface area contributed by atoms with Crippen molar-refractivity contribution in [2.45, 2.75) is 129 Å². The number of aliphatic hydroxyl groups excluding tert-OH is 1. The molecular weight excluding hydrogens is 312 g/mol. The molecule has 1 saturated heterocycles. The first-order chi connectivity index (χ1) is 12.2. The van der Waals surface area contributed by atoms with Crippen molar-refractivity contribution in [1.82, 2.24) is 0 Å². The molecule has 3 atom stereocenters. The molecule has 0 aromatic heterocycles. The summed E-state index contributed by atoms with van der Waals surface area (Å²) >= 11 is 0. The highest BCUT2D eigenvalue weighted by molar-refractivity contribution is 5.78. The Hall–Kier alpha value is -0.570. The first-order valence-electron chi connectivity index (χ1n) is 11.1. The standard InChI is InChI=1S/C22H42O3/c1-3-5-7-9-10-11-12-13-14-16-19(23)18-21-20(22(24)25-21)17-15-8-6-4-2/h19-21,23H,3-18H2,1-2H3/t19-,20-,21?/m0/s1. The lowest BCUT2D eigenvalue weighted by atomic mass is 9.86. The van der Waals surface area contributed by atoms with Gasteiger partial charge in [-0.2, -0.15) is 0 Å². The molecule has 1 aliphatic rings. The number of carbonyl (C=O) groups excluding carboxylic acids is 1. The van der Waals surface area contributed by atoms with E-state index in [0.29, 0.717) is 6.42 Å². The molecule has 0 amide bonds. The predicted molar refractivity (Wildman–Crippen MR) is 105 cm³/mol. The quantitative estimate of drug-likeness (QED) is 0.251. The summed E-state index contributed by atoms with van der Waals surface area (Å²) in [6.07, 6.45) is 18.6. The molecular formula is C22H42O3. The number of aliphatic hydroxyl groups is 1. The van der Waals surface area contributed by atoms with E-state index in [4.69, 9.17) is 4.74 Å². The lowest BCUT2D eigenvalue weighted by Crippen LogP contribution is -2.46. The van der Waals surface area contributed by atoms with Gasteiger partial charge in [-0.1, -0.05) is 97.3 Å². The van der Waals surface area contributed by atoms with E-state index in [1.54, 1.807) is 0 Å². The second-order valence-electron chi connectivity index (χ2n) is 7.94. The minimum atomic E-state index is -0.305. The van der Waals surface area contributed by atoms with Gasteiger partial charge in [-0.3, -0.25) is 4.79 Å². The Morgan fingerprint density at radius 3 is 1.92 bits per heavy atom. The summed E-state index contributed by atoms with van der Waals surface area (Å²) in [5.41, 5.74) is 0. The number of unbranched alkanes of at least 4 members (excludes halogenated alkanes) is 11. The van der Waals surface area contributed by atoms with E-state index in [9.17, 15) is 9.90 Å². The molecule has 1 aliphatic heterocycles. The number of hydrogen-bond donors (Lipinski definition) is 1. The number of ether oxygens (including phenoxy) is 1. The van der Waals surface area contributed by atoms with Gasteiger partial charge in [0.05, 0.1) is 12.0 Å². The van der Waals surface area contributed by atoms with E-state index in [1.165, 1.54) is 70.6 Å². The van der Waals surface area contributed by atoms with Gasteiger partial charge in [0.2, 0.25) is 0 Å². The second kappa shape index (κ2) is 14.6. The molecule has 3 nitrogen and oxygen atoms in total. The monoisotopic (exact) mass is 354 g/mol. The Morgan fingerprint density at radius 1 is 0.840 bits per heavy atom. The maximum absolute atomic E-state index is 11.6. The number of carbonyl (C=O) groups is 1. The maximum Gasteiger partial charge on any atom is 0.313 e. The van der Waals surface area contributed by atoms with Gasteiger partial charge in [0, 0.05) is 6.42 Å². The van der Waals surface area contributed by atoms with Crippen LogP contribution in [0.5, 0.6) is 0 Å². The Labute approximate surface area is 155 Å². The lowest BCUT2D eigenvalue weighted by Gasteiger charge is -2.36. The largest absolute Gasteiger partial charge is 0.461 e. The normalized spacial score (nSPS) is 21.0. The Bertz CT molecular complexity index is 329. The summed E-state index contributed by atoms with van der Waals surface area (Å²) in [5, 5.41) is 10.2. The molecule has 1 heterocycles. The minimum absolute atomic E-state index is 0.0253. The number of rotatable bonds is 17. The van der Waals surface area contributed by atoms with Crippen LogP contribution in [0.25, 0.3) is 0 Å². The third-order valence-electron chi connectivity index (χ3n) is 5.53. The molecule has 1 rings (SSSR count). The van der Waals surface area contributed by atoms with Crippen molar-refractivity contribution < 1.29 is 14.6 Å². The van der Waals surface area contributed by atoms with Gasteiger partial charge in [-0.05, 0) is 12.8 Å². The van der Waals surface area contributed by atoms with Gasteiger partial charge in [0.25, 0.3) is 0 Å². The molecule has 1 unspecified atom stereocenters. The first-order valence-corrected chi connectivity index (χ1v) is 11.1. The molecule has 0 aromatic carbocycles. The van der Waals surface area contributed by atoms with E-state index in [1.807, 2.05) is 0 Å². The van der Waals surface area contributed by atoms with Crippen LogP contribution in [-0.2, 0) is 9.53 Å². The molecule has 1 N–H and O–H groups in total. The van der Waals surface area contributed by atoms with Gasteiger partial charge >= 0.3 is 5.97 Å². The van der Waals surface area contributed by atoms with Crippen LogP contribution in [0.15, 0.2) is 0 Å². The average molecular weight is 355 g/mol. The van der Waals surface area contributed by atoms with E-state index >= 15 is 0 Å². The van der Waals surface area contributed by atoms with E-state index in [-0.39, 0.29) is 24.1 Å². The maximum atomic E-state index is 11.6. The third-order valence-corrected chi connectivity index (χ3v) is 5.53. The zero-order valence-corrected chi connectivity index (χ0v) is 16.8. The molecule has 0 saturated carbocycles. The molecule has 25 heavy (non-hydrogen) atoms. The number of cyclic esters (lactones) is 1. The summed E-state index contributed by atoms with van der Waals surface area (Å²) in [7, 11) is 0. The summed E-state index contributed by atoms with van der Waals surface area (Å²) in [4.78, 5) is 11.6. The zero-order valence-electron chi connectivity index (χ0n) is 16.8. The minimum Gasteiger partial charge on any atom is -0.461 e. The second-order valence-corrected chi connectivity index (χ2v) is 7.94. The Morgan fingerprint density at radius 2 is 1.36 bits per heavy atom. The van der Waals surface area contributed by atoms with Gasteiger partial charge in [-0.15, -0.1) is 0 Å². The fourth-order valence-corrected chi connectivity index (χ4v) is 3.78. The lowest BCUT2D eigenvalue weighted by molar-refractivity contribution is -0.188. The molecule has 0 spiro atoms. The van der Waals surface area contributed by atoms with Crippen LogP contribution in [0.1, 0.15) is 117 Å². The Kier molecular flexibility index (Phi) is 13.1. The average Bonchev–Trinajstić information content (AvgIpc) is 2.59. The van der Waals surface area contributed by atoms with Crippen LogP contribution < -0.4 is 0 Å². The van der Waals surface area contributed by atoms with Crippen LogP contribution in [-0.4, -0.2) is 23.3 Å². The van der Waals surface area contributed by atoms with Gasteiger partial charge in [0.15, 0.2) is 0 Å². The summed E-state index contributed by atoms with van der Waals surface area (Å²) in [6, 6.07) is 0. The SMILES string of the molecule is CCCCCCCCCCC[C@H](O)CC1OC(=O)[C@H]1CCCCCC. The van der Waals surface area contributed by atoms with Crippen LogP contribution in [0.4, 0.5) is 0 Å². The van der Waals surface area contributed by atoms with Crippen LogP contribution in [0, 0.1) is 5.92 Å². The topological polar surface area (TPSA) is 46.5 Å². The highest BCUT2D eigenvalue weighted by Crippen LogP contribution is 2.31. The van der Waals surface area contributed by atoms with Crippen molar-refractivity contribution in [3.63, 3.8) is 0 Å². The molecule has 0 aliphatic carbocycles. The summed E-state index contributed by atoms with van der Waals surface area (Å²) < 4.78 is 5.27. The fourth-order valence-electron chi connectivity index (χ4n) is 3.78. The van der Waals surface area contributed by atoms with Gasteiger partial charge in [-0.25, -0.2) is 0 Å². The smallest absolute Gasteiger partial charge is 0.313 e. The number of hydrogen-bond acceptors (Lipinski definition) is 3. The van der Waals surface area contributed by atoms with Crippen LogP contribution in [0.3, 0.4) is 0 Å². The summed E-state index contributed by atoms with van der Waals surface area (Å²) in [5.74, 6) is 0.00592. The van der Waals surface area contributed by atoms with Crippen molar-refractivity contribution in [2.75, 3.05) is 0 Å². The van der Waals surface area contributed by atoms with Crippen molar-refractivity contribution in [2.24, 2.45) is 5.92 Å². The third kappa shape index (κ3) is 10.2. The number of esters is 1. The van der Waals surface area contributed by atoms with Gasteiger partial charge in [0.1, 0.15) is 6.10 Å². The van der Waals surface area contributed by atoms with Crippen LogP contribution in [0.2, 0.25) is 0 Å². The highest BCUT2D eigenvalue weighted by atomic mass is 16.6. The van der Waals surface area contributed by atoms with E-state index < -0.39 is 0 Å². The summed E-state index contributed by atoms with van der Waals surface area (Å²) in [6.45, 7) is 4.45. The predicted octanol–water partition coefficient (Wildman–Crippen LogP) is 6.17. The molecule has 0 aromatic rings. The fraction of sp³-hybridized carbons (Fsp3) is 0.955. The van der Waals surface area contributed by atoms with Crippen molar-refractivity contribution in [1.29, 1.82) is 0 Å². The Balaban J connectivity index is 1.98. The highest BCUT2D eigenvalue weighted by Gasteiger charge is 2.42. The zero-order chi connectivity index (χ0) is 18.3. The molecule has 1 fully saturated rings. The van der Waals surface area contributed by atoms with E-state index in [0.717, 1.165) is 25.7 Å². The molecule has 0 bridgehead atoms. The first kappa shape index (κ1) is 22.5. The van der Waals surface area contributed by atoms with Gasteiger partial charge < -0.3 is 9.84 Å². The van der Waals surface area contributed by atoms with Crippen molar-refractivity contribution in [3.8, 4) is 0 Å². The molecule has 148 valence electrons. The van der Waals surface area contributed by atoms with Crippen LogP contribution >= 0.6 is 0 Å². The molecule has 3 heteroatoms. The van der Waals surface area contributed by atoms with Crippen molar-refractivity contribution >= 4 is 5.97 Å². The van der Waals surface area contributed by atoms with Crippen molar-refractivity contribution in [3.05, 3.63) is 0 Å². The van der Waals surface area contributed by atoms with E-state index in [2.05, 4.69) is 13.8 Å².